The molecule has 1 N–H and O–H groups in total. The fraction of sp³-hybridized carbons (Fsp3) is 0.278. The molecule has 1 aliphatic heterocycles. The summed E-state index contributed by atoms with van der Waals surface area (Å²) in [6, 6.07) is 9.01. The largest absolute Gasteiger partial charge is 0.497 e. The Morgan fingerprint density at radius 3 is 2.72 bits per heavy atom. The van der Waals surface area contributed by atoms with Crippen molar-refractivity contribution in [1.29, 1.82) is 0 Å². The lowest BCUT2D eigenvalue weighted by atomic mass is 10.2. The van der Waals surface area contributed by atoms with E-state index >= 15 is 0 Å². The smallest absolute Gasteiger partial charge is 0.257 e. The minimum atomic E-state index is -0.228. The van der Waals surface area contributed by atoms with Gasteiger partial charge in [-0.15, -0.1) is 0 Å². The average Bonchev–Trinajstić information content (AvgIpc) is 2.68. The lowest BCUT2D eigenvalue weighted by Crippen LogP contribution is -2.45. The van der Waals surface area contributed by atoms with Crippen molar-refractivity contribution in [3.63, 3.8) is 0 Å². The maximum Gasteiger partial charge on any atom is 0.257 e. The minimum Gasteiger partial charge on any atom is -0.497 e. The van der Waals surface area contributed by atoms with Gasteiger partial charge < -0.3 is 19.9 Å². The molecule has 25 heavy (non-hydrogen) atoms. The second-order valence-corrected chi connectivity index (χ2v) is 5.75. The van der Waals surface area contributed by atoms with Crippen LogP contribution in [-0.4, -0.2) is 55.5 Å². The first-order valence-corrected chi connectivity index (χ1v) is 8.04. The summed E-state index contributed by atoms with van der Waals surface area (Å²) in [5.74, 6) is 0.451. The summed E-state index contributed by atoms with van der Waals surface area (Å²) in [7, 11) is 1.58. The number of hydrogen-bond acceptors (Lipinski definition) is 5. The van der Waals surface area contributed by atoms with E-state index in [9.17, 15) is 9.59 Å². The molecule has 0 spiro atoms. The standard InChI is InChI=1S/C18H20N4O3/c1-25-17-4-2-3-15(10-17)20-18(24)14-9-16(12-19-11-14)22-7-5-21(13-23)6-8-22/h2-4,9-13H,5-8H2,1H3,(H,20,24). The number of aromatic nitrogens is 1. The van der Waals surface area contributed by atoms with Gasteiger partial charge in [0, 0.05) is 44.1 Å². The van der Waals surface area contributed by atoms with E-state index in [0.717, 1.165) is 25.2 Å². The lowest BCUT2D eigenvalue weighted by molar-refractivity contribution is -0.118. The molecule has 1 aliphatic rings. The van der Waals surface area contributed by atoms with Crippen molar-refractivity contribution in [1.82, 2.24) is 9.88 Å². The Bertz CT molecular complexity index is 757. The molecule has 2 aromatic rings. The second kappa shape index (κ2) is 7.65. The van der Waals surface area contributed by atoms with Gasteiger partial charge in [-0.2, -0.15) is 0 Å². The first kappa shape index (κ1) is 16.8. The third-order valence-corrected chi connectivity index (χ3v) is 4.14. The summed E-state index contributed by atoms with van der Waals surface area (Å²) in [6.45, 7) is 2.79. The SMILES string of the molecule is COc1cccc(NC(=O)c2cncc(N3CCN(C=O)CC3)c2)c1. The number of nitrogens with zero attached hydrogens (tertiary/aromatic N) is 3. The van der Waals surface area contributed by atoms with Crippen molar-refractivity contribution in [3.8, 4) is 5.75 Å². The van der Waals surface area contributed by atoms with Crippen LogP contribution in [0.25, 0.3) is 0 Å². The van der Waals surface area contributed by atoms with Gasteiger partial charge >= 0.3 is 0 Å². The zero-order valence-electron chi connectivity index (χ0n) is 14.0. The summed E-state index contributed by atoms with van der Waals surface area (Å²) < 4.78 is 5.16. The van der Waals surface area contributed by atoms with Crippen molar-refractivity contribution in [2.75, 3.05) is 43.5 Å². The van der Waals surface area contributed by atoms with Crippen LogP contribution >= 0.6 is 0 Å². The molecule has 1 fully saturated rings. The fourth-order valence-electron chi connectivity index (χ4n) is 2.71. The summed E-state index contributed by atoms with van der Waals surface area (Å²) in [4.78, 5) is 31.3. The van der Waals surface area contributed by atoms with Crippen LogP contribution in [0.1, 0.15) is 10.4 Å². The zero-order chi connectivity index (χ0) is 17.6. The molecule has 0 aliphatic carbocycles. The highest BCUT2D eigenvalue weighted by atomic mass is 16.5. The first-order valence-electron chi connectivity index (χ1n) is 8.04. The quantitative estimate of drug-likeness (QED) is 0.837. The topological polar surface area (TPSA) is 74.8 Å². The maximum absolute atomic E-state index is 12.5. The Morgan fingerprint density at radius 1 is 1.20 bits per heavy atom. The molecule has 0 unspecified atom stereocenters. The van der Waals surface area contributed by atoms with E-state index in [0.29, 0.717) is 30.1 Å². The Morgan fingerprint density at radius 2 is 2.00 bits per heavy atom. The van der Waals surface area contributed by atoms with Crippen LogP contribution in [0.3, 0.4) is 0 Å². The summed E-state index contributed by atoms with van der Waals surface area (Å²) in [5.41, 5.74) is 2.02. The Kier molecular flexibility index (Phi) is 5.13. The van der Waals surface area contributed by atoms with Gasteiger partial charge in [0.05, 0.1) is 24.6 Å². The number of pyridine rings is 1. The van der Waals surface area contributed by atoms with Crippen molar-refractivity contribution in [2.45, 2.75) is 0 Å². The van der Waals surface area contributed by atoms with Gasteiger partial charge in [0.25, 0.3) is 5.91 Å². The molecule has 1 aromatic carbocycles. The van der Waals surface area contributed by atoms with Crippen LogP contribution < -0.4 is 15.0 Å². The molecular weight excluding hydrogens is 320 g/mol. The van der Waals surface area contributed by atoms with Crippen molar-refractivity contribution < 1.29 is 14.3 Å². The molecule has 0 atom stereocenters. The lowest BCUT2D eigenvalue weighted by Gasteiger charge is -2.34. The molecule has 0 radical (unpaired) electrons. The van der Waals surface area contributed by atoms with Crippen molar-refractivity contribution >= 4 is 23.7 Å². The monoisotopic (exact) mass is 340 g/mol. The number of hydrogen-bond donors (Lipinski definition) is 1. The van der Waals surface area contributed by atoms with Gasteiger partial charge in [0.15, 0.2) is 0 Å². The summed E-state index contributed by atoms with van der Waals surface area (Å²) >= 11 is 0. The Balaban J connectivity index is 1.70. The molecule has 0 bridgehead atoms. The summed E-state index contributed by atoms with van der Waals surface area (Å²) in [6.07, 6.45) is 4.15. The predicted molar refractivity (Wildman–Crippen MR) is 95.0 cm³/mol. The number of carbonyl (C=O) groups excluding carboxylic acids is 2. The van der Waals surface area contributed by atoms with Gasteiger partial charge in [-0.25, -0.2) is 0 Å². The van der Waals surface area contributed by atoms with Crippen LogP contribution in [0, 0.1) is 0 Å². The predicted octanol–water partition coefficient (Wildman–Crippen LogP) is 1.62. The van der Waals surface area contributed by atoms with Crippen molar-refractivity contribution in [3.05, 3.63) is 48.3 Å². The van der Waals surface area contributed by atoms with Crippen LogP contribution in [0.5, 0.6) is 5.75 Å². The van der Waals surface area contributed by atoms with E-state index in [-0.39, 0.29) is 5.91 Å². The molecule has 7 nitrogen and oxygen atoms in total. The first-order chi connectivity index (χ1) is 12.2. The number of amides is 2. The molecule has 1 saturated heterocycles. The minimum absolute atomic E-state index is 0.228. The van der Waals surface area contributed by atoms with E-state index in [1.165, 1.54) is 0 Å². The number of benzene rings is 1. The van der Waals surface area contributed by atoms with Gasteiger partial charge in [-0.05, 0) is 18.2 Å². The highest BCUT2D eigenvalue weighted by molar-refractivity contribution is 6.04. The number of piperazine rings is 1. The Labute approximate surface area is 146 Å². The van der Waals surface area contributed by atoms with E-state index < -0.39 is 0 Å². The molecule has 0 saturated carbocycles. The molecular formula is C18H20N4O3. The van der Waals surface area contributed by atoms with Gasteiger partial charge in [0.2, 0.25) is 6.41 Å². The number of anilines is 2. The number of methoxy groups -OCH3 is 1. The highest BCUT2D eigenvalue weighted by Gasteiger charge is 2.17. The van der Waals surface area contributed by atoms with Crippen LogP contribution in [0.15, 0.2) is 42.7 Å². The second-order valence-electron chi connectivity index (χ2n) is 5.75. The number of nitrogens with one attached hydrogen (secondary N) is 1. The van der Waals surface area contributed by atoms with Crippen molar-refractivity contribution in [2.24, 2.45) is 0 Å². The van der Waals surface area contributed by atoms with Gasteiger partial charge in [0.1, 0.15) is 5.75 Å². The van der Waals surface area contributed by atoms with Gasteiger partial charge in [-0.3, -0.25) is 14.6 Å². The summed E-state index contributed by atoms with van der Waals surface area (Å²) in [5, 5.41) is 2.85. The van der Waals surface area contributed by atoms with E-state index in [4.69, 9.17) is 4.74 Å². The molecule has 1 aromatic heterocycles. The fourth-order valence-corrected chi connectivity index (χ4v) is 2.71. The third-order valence-electron chi connectivity index (χ3n) is 4.14. The van der Waals surface area contributed by atoms with Crippen LogP contribution in [0.4, 0.5) is 11.4 Å². The molecule has 2 amide bonds. The third kappa shape index (κ3) is 4.06. The average molecular weight is 340 g/mol. The highest BCUT2D eigenvalue weighted by Crippen LogP contribution is 2.20. The zero-order valence-corrected chi connectivity index (χ0v) is 14.0. The van der Waals surface area contributed by atoms with Gasteiger partial charge in [-0.1, -0.05) is 6.07 Å². The van der Waals surface area contributed by atoms with E-state index in [1.807, 2.05) is 18.2 Å². The molecule has 7 heteroatoms. The number of ether oxygens (including phenoxy) is 1. The molecule has 130 valence electrons. The van der Waals surface area contributed by atoms with E-state index in [1.54, 1.807) is 36.5 Å². The molecule has 2 heterocycles. The number of rotatable bonds is 5. The normalized spacial score (nSPS) is 14.1. The molecule has 3 rings (SSSR count). The maximum atomic E-state index is 12.5. The van der Waals surface area contributed by atoms with E-state index in [2.05, 4.69) is 15.2 Å². The van der Waals surface area contributed by atoms with Crippen LogP contribution in [-0.2, 0) is 4.79 Å². The number of carbonyl (C=O) groups is 2. The van der Waals surface area contributed by atoms with Crippen LogP contribution in [0.2, 0.25) is 0 Å². The Hall–Kier alpha value is -3.09.